The van der Waals surface area contributed by atoms with Gasteiger partial charge in [0.15, 0.2) is 0 Å². The quantitative estimate of drug-likeness (QED) is 0.877. The Morgan fingerprint density at radius 3 is 2.50 bits per heavy atom. The minimum absolute atomic E-state index is 0.177. The van der Waals surface area contributed by atoms with Crippen molar-refractivity contribution >= 4 is 34.7 Å². The van der Waals surface area contributed by atoms with Gasteiger partial charge in [-0.05, 0) is 29.2 Å². The Morgan fingerprint density at radius 2 is 1.95 bits per heavy atom. The second-order valence-corrected chi connectivity index (χ2v) is 6.51. The molecule has 1 amide bonds. The third kappa shape index (κ3) is 3.35. The van der Waals surface area contributed by atoms with E-state index in [0.29, 0.717) is 10.8 Å². The molecule has 0 atom stereocenters. The Hall–Kier alpha value is -1.46. The van der Waals surface area contributed by atoms with Crippen LogP contribution in [0, 0.1) is 0 Å². The number of anilines is 1. The summed E-state index contributed by atoms with van der Waals surface area (Å²) in [5.41, 5.74) is 2.26. The Kier molecular flexibility index (Phi) is 4.40. The van der Waals surface area contributed by atoms with Gasteiger partial charge in [0, 0.05) is 17.0 Å². The maximum atomic E-state index is 12.3. The van der Waals surface area contributed by atoms with E-state index >= 15 is 0 Å². The van der Waals surface area contributed by atoms with Crippen LogP contribution in [0.15, 0.2) is 24.3 Å². The SMILES string of the molecule is CC(C)(C)c1nnsc1C(=O)Nc1ccc(CCl)cc1. The van der Waals surface area contributed by atoms with Crippen LogP contribution >= 0.6 is 23.1 Å². The van der Waals surface area contributed by atoms with Crippen molar-refractivity contribution in [3.63, 3.8) is 0 Å². The molecule has 0 bridgehead atoms. The number of nitrogens with one attached hydrogen (secondary N) is 1. The highest BCUT2D eigenvalue weighted by Crippen LogP contribution is 2.26. The van der Waals surface area contributed by atoms with Gasteiger partial charge >= 0.3 is 0 Å². The fourth-order valence-electron chi connectivity index (χ4n) is 1.70. The van der Waals surface area contributed by atoms with Crippen molar-refractivity contribution in [3.8, 4) is 0 Å². The lowest BCUT2D eigenvalue weighted by Crippen LogP contribution is -2.19. The average Bonchev–Trinajstić information content (AvgIpc) is 2.89. The van der Waals surface area contributed by atoms with Crippen LogP contribution < -0.4 is 5.32 Å². The highest BCUT2D eigenvalue weighted by atomic mass is 35.5. The van der Waals surface area contributed by atoms with Crippen LogP contribution in [0.5, 0.6) is 0 Å². The molecule has 0 saturated carbocycles. The summed E-state index contributed by atoms with van der Waals surface area (Å²) in [7, 11) is 0. The summed E-state index contributed by atoms with van der Waals surface area (Å²) in [5, 5.41) is 6.92. The first-order valence-corrected chi connectivity index (χ1v) is 7.51. The van der Waals surface area contributed by atoms with Gasteiger partial charge in [-0.2, -0.15) is 0 Å². The van der Waals surface area contributed by atoms with Gasteiger partial charge in [0.05, 0.1) is 5.69 Å². The van der Waals surface area contributed by atoms with Crippen molar-refractivity contribution in [2.75, 3.05) is 5.32 Å². The molecule has 0 aliphatic heterocycles. The Labute approximate surface area is 127 Å². The van der Waals surface area contributed by atoms with E-state index in [1.54, 1.807) is 0 Å². The highest BCUT2D eigenvalue weighted by molar-refractivity contribution is 7.08. The molecule has 1 aromatic carbocycles. The Bertz CT molecular complexity index is 602. The normalized spacial score (nSPS) is 11.4. The molecule has 1 heterocycles. The molecule has 2 rings (SSSR count). The van der Waals surface area contributed by atoms with Crippen LogP contribution in [0.1, 0.15) is 41.7 Å². The number of alkyl halides is 1. The van der Waals surface area contributed by atoms with Crippen molar-refractivity contribution < 1.29 is 4.79 Å². The maximum Gasteiger partial charge on any atom is 0.269 e. The minimum atomic E-state index is -0.206. The molecule has 0 aliphatic rings. The molecule has 1 aromatic heterocycles. The Balaban J connectivity index is 2.18. The highest BCUT2D eigenvalue weighted by Gasteiger charge is 2.26. The molecule has 0 spiro atoms. The van der Waals surface area contributed by atoms with Crippen LogP contribution in [-0.2, 0) is 11.3 Å². The predicted molar refractivity (Wildman–Crippen MR) is 82.6 cm³/mol. The van der Waals surface area contributed by atoms with E-state index in [1.807, 2.05) is 45.0 Å². The zero-order chi connectivity index (χ0) is 14.8. The molecule has 0 saturated heterocycles. The van der Waals surface area contributed by atoms with Gasteiger partial charge in [0.1, 0.15) is 4.88 Å². The Morgan fingerprint density at radius 1 is 1.30 bits per heavy atom. The summed E-state index contributed by atoms with van der Waals surface area (Å²) in [4.78, 5) is 12.8. The second kappa shape index (κ2) is 5.89. The summed E-state index contributed by atoms with van der Waals surface area (Å²) in [5.74, 6) is 0.282. The molecule has 20 heavy (non-hydrogen) atoms. The van der Waals surface area contributed by atoms with Crippen LogP contribution in [0.3, 0.4) is 0 Å². The monoisotopic (exact) mass is 309 g/mol. The molecule has 2 aromatic rings. The van der Waals surface area contributed by atoms with Crippen LogP contribution in [0.2, 0.25) is 0 Å². The number of hydrogen-bond acceptors (Lipinski definition) is 4. The summed E-state index contributed by atoms with van der Waals surface area (Å²) in [6, 6.07) is 7.44. The molecular weight excluding hydrogens is 294 g/mol. The van der Waals surface area contributed by atoms with Crippen molar-refractivity contribution in [2.24, 2.45) is 0 Å². The van der Waals surface area contributed by atoms with Crippen LogP contribution in [0.25, 0.3) is 0 Å². The summed E-state index contributed by atoms with van der Waals surface area (Å²) >= 11 is 6.85. The first-order chi connectivity index (χ1) is 9.41. The van der Waals surface area contributed by atoms with Gasteiger partial charge in [-0.15, -0.1) is 16.7 Å². The first kappa shape index (κ1) is 14.9. The number of nitrogens with zero attached hydrogens (tertiary/aromatic N) is 2. The summed E-state index contributed by atoms with van der Waals surface area (Å²) in [6.07, 6.45) is 0. The molecule has 0 unspecified atom stereocenters. The lowest BCUT2D eigenvalue weighted by atomic mass is 9.91. The first-order valence-electron chi connectivity index (χ1n) is 6.21. The van der Waals surface area contributed by atoms with Crippen molar-refractivity contribution in [1.82, 2.24) is 9.59 Å². The standard InChI is InChI=1S/C14H16ClN3OS/c1-14(2,3)12-11(20-18-17-12)13(19)16-10-6-4-9(8-15)5-7-10/h4-7H,8H2,1-3H3,(H,16,19). The van der Waals surface area contributed by atoms with E-state index < -0.39 is 0 Å². The zero-order valence-corrected chi connectivity index (χ0v) is 13.2. The van der Waals surface area contributed by atoms with Crippen LogP contribution in [0.4, 0.5) is 5.69 Å². The van der Waals surface area contributed by atoms with Crippen LogP contribution in [-0.4, -0.2) is 15.5 Å². The van der Waals surface area contributed by atoms with E-state index in [-0.39, 0.29) is 11.3 Å². The molecular formula is C14H16ClN3OS. The van der Waals surface area contributed by atoms with Gasteiger partial charge in [0.2, 0.25) is 0 Å². The van der Waals surface area contributed by atoms with Gasteiger partial charge in [-0.25, -0.2) is 0 Å². The van der Waals surface area contributed by atoms with E-state index in [0.717, 1.165) is 28.5 Å². The van der Waals surface area contributed by atoms with Crippen molar-refractivity contribution in [2.45, 2.75) is 32.1 Å². The number of halogens is 1. The number of aromatic nitrogens is 2. The van der Waals surface area contributed by atoms with Crippen molar-refractivity contribution in [3.05, 3.63) is 40.4 Å². The maximum absolute atomic E-state index is 12.3. The summed E-state index contributed by atoms with van der Waals surface area (Å²) < 4.78 is 3.89. The third-order valence-electron chi connectivity index (χ3n) is 2.77. The number of amides is 1. The number of hydrogen-bond donors (Lipinski definition) is 1. The molecule has 6 heteroatoms. The van der Waals surface area contributed by atoms with Gasteiger partial charge in [-0.1, -0.05) is 37.4 Å². The zero-order valence-electron chi connectivity index (χ0n) is 11.6. The topological polar surface area (TPSA) is 54.9 Å². The predicted octanol–water partition coefficient (Wildman–Crippen LogP) is 3.83. The number of carbonyl (C=O) groups excluding carboxylic acids is 1. The lowest BCUT2D eigenvalue weighted by molar-refractivity contribution is 0.102. The fourth-order valence-corrected chi connectivity index (χ4v) is 2.65. The molecule has 0 radical (unpaired) electrons. The fraction of sp³-hybridized carbons (Fsp3) is 0.357. The number of rotatable bonds is 3. The number of carbonyl (C=O) groups is 1. The third-order valence-corrected chi connectivity index (χ3v) is 3.80. The van der Waals surface area contributed by atoms with Gasteiger partial charge in [-0.3, -0.25) is 4.79 Å². The van der Waals surface area contributed by atoms with E-state index in [4.69, 9.17) is 11.6 Å². The number of benzene rings is 1. The average molecular weight is 310 g/mol. The largest absolute Gasteiger partial charge is 0.321 e. The van der Waals surface area contributed by atoms with Gasteiger partial charge < -0.3 is 5.32 Å². The molecule has 0 aliphatic carbocycles. The molecule has 4 nitrogen and oxygen atoms in total. The van der Waals surface area contributed by atoms with E-state index in [9.17, 15) is 4.79 Å². The second-order valence-electron chi connectivity index (χ2n) is 5.49. The van der Waals surface area contributed by atoms with Gasteiger partial charge in [0.25, 0.3) is 5.91 Å². The van der Waals surface area contributed by atoms with Crippen molar-refractivity contribution in [1.29, 1.82) is 0 Å². The summed E-state index contributed by atoms with van der Waals surface area (Å²) in [6.45, 7) is 6.03. The lowest BCUT2D eigenvalue weighted by Gasteiger charge is -2.16. The molecule has 106 valence electrons. The molecule has 0 fully saturated rings. The minimum Gasteiger partial charge on any atom is -0.321 e. The van der Waals surface area contributed by atoms with E-state index in [1.165, 1.54) is 0 Å². The molecule has 1 N–H and O–H groups in total. The van der Waals surface area contributed by atoms with E-state index in [2.05, 4.69) is 14.9 Å². The smallest absolute Gasteiger partial charge is 0.269 e.